The summed E-state index contributed by atoms with van der Waals surface area (Å²) in [6, 6.07) is 7.26. The third kappa shape index (κ3) is 2.78. The molecule has 1 radical (unpaired) electrons. The average Bonchev–Trinajstić information content (AvgIpc) is 2.04. The van der Waals surface area contributed by atoms with Gasteiger partial charge in [0.15, 0.2) is 0 Å². The van der Waals surface area contributed by atoms with Gasteiger partial charge in [0.25, 0.3) is 0 Å². The maximum absolute atomic E-state index is 10.1. The monoisotopic (exact) mass is 170 g/mol. The predicted molar refractivity (Wildman–Crippen MR) is 45.5 cm³/mol. The minimum Gasteiger partial charge on any atom is -0.383 e. The molecule has 11 heavy (non-hydrogen) atoms. The maximum Gasteiger partial charge on any atom is 0.0994 e. The maximum atomic E-state index is 10.1. The van der Waals surface area contributed by atoms with Gasteiger partial charge in [0.1, 0.15) is 0 Å². The molecule has 0 aliphatic carbocycles. The number of anilines is 1. The zero-order valence-corrected chi connectivity index (χ0v) is 6.77. The van der Waals surface area contributed by atoms with E-state index in [0.29, 0.717) is 11.6 Å². The average molecular weight is 171 g/mol. The molecule has 0 aliphatic rings. The van der Waals surface area contributed by atoms with Crippen LogP contribution in [0.25, 0.3) is 0 Å². The number of hydrogen-bond donors (Lipinski definition) is 1. The molecule has 1 N–H and O–H groups in total. The lowest BCUT2D eigenvalue weighted by molar-refractivity contribution is 0.206. The fourth-order valence-corrected chi connectivity index (χ4v) is 0.889. The van der Waals surface area contributed by atoms with E-state index in [2.05, 4.69) is 5.32 Å². The van der Waals surface area contributed by atoms with E-state index in [1.807, 2.05) is 12.1 Å². The van der Waals surface area contributed by atoms with Crippen molar-refractivity contribution in [3.05, 3.63) is 29.3 Å². The minimum absolute atomic E-state index is 0.109. The van der Waals surface area contributed by atoms with Gasteiger partial charge in [-0.1, -0.05) is 11.6 Å². The van der Waals surface area contributed by atoms with Crippen molar-refractivity contribution in [3.63, 3.8) is 0 Å². The normalized spacial score (nSPS) is 9.64. The summed E-state index contributed by atoms with van der Waals surface area (Å²) >= 11 is 5.66. The van der Waals surface area contributed by atoms with Gasteiger partial charge in [-0.3, -0.25) is 0 Å². The molecule has 59 valence electrons. The Kier molecular flexibility index (Phi) is 3.20. The zero-order chi connectivity index (χ0) is 8.10. The summed E-state index contributed by atoms with van der Waals surface area (Å²) in [6.45, 7) is 0.351. The van der Waals surface area contributed by atoms with E-state index >= 15 is 0 Å². The molecular formula is C8H9ClNO. The molecule has 0 saturated heterocycles. The van der Waals surface area contributed by atoms with E-state index < -0.39 is 0 Å². The van der Waals surface area contributed by atoms with Crippen molar-refractivity contribution in [2.45, 2.75) is 0 Å². The first-order chi connectivity index (χ1) is 5.33. The van der Waals surface area contributed by atoms with E-state index in [1.54, 1.807) is 12.1 Å². The second kappa shape index (κ2) is 4.21. The number of benzene rings is 1. The van der Waals surface area contributed by atoms with Gasteiger partial charge in [-0.15, -0.1) is 0 Å². The predicted octanol–water partition coefficient (Wildman–Crippen LogP) is 2.18. The van der Waals surface area contributed by atoms with Gasteiger partial charge in [0.05, 0.1) is 6.61 Å². The van der Waals surface area contributed by atoms with Crippen molar-refractivity contribution in [3.8, 4) is 0 Å². The lowest BCUT2D eigenvalue weighted by Gasteiger charge is -2.01. The van der Waals surface area contributed by atoms with E-state index in [0.717, 1.165) is 5.69 Å². The molecule has 0 atom stereocenters. The van der Waals surface area contributed by atoms with Crippen molar-refractivity contribution in [2.75, 3.05) is 18.5 Å². The fraction of sp³-hybridized carbons (Fsp3) is 0.250. The van der Waals surface area contributed by atoms with Gasteiger partial charge in [-0.2, -0.15) is 0 Å². The first-order valence-electron chi connectivity index (χ1n) is 3.40. The largest absolute Gasteiger partial charge is 0.383 e. The Morgan fingerprint density at radius 3 is 2.45 bits per heavy atom. The van der Waals surface area contributed by atoms with Crippen molar-refractivity contribution >= 4 is 17.3 Å². The molecule has 0 saturated carbocycles. The summed E-state index contributed by atoms with van der Waals surface area (Å²) in [7, 11) is 0. The number of hydrogen-bond acceptors (Lipinski definition) is 1. The van der Waals surface area contributed by atoms with Gasteiger partial charge < -0.3 is 5.32 Å². The Bertz CT molecular complexity index is 210. The molecule has 1 aromatic rings. The van der Waals surface area contributed by atoms with Gasteiger partial charge in [-0.05, 0) is 24.3 Å². The van der Waals surface area contributed by atoms with E-state index in [1.165, 1.54) is 0 Å². The SMILES string of the molecule is [O]CCNc1ccc(Cl)cc1. The van der Waals surface area contributed by atoms with E-state index in [9.17, 15) is 5.11 Å². The van der Waals surface area contributed by atoms with Gasteiger partial charge in [0, 0.05) is 17.3 Å². The van der Waals surface area contributed by atoms with Crippen molar-refractivity contribution in [1.29, 1.82) is 0 Å². The van der Waals surface area contributed by atoms with Crippen molar-refractivity contribution in [1.82, 2.24) is 0 Å². The highest BCUT2D eigenvalue weighted by Crippen LogP contribution is 2.12. The molecule has 0 bridgehead atoms. The Morgan fingerprint density at radius 1 is 1.27 bits per heavy atom. The highest BCUT2D eigenvalue weighted by Gasteiger charge is 1.89. The standard InChI is InChI=1S/C8H9ClNO/c9-7-1-3-8(4-2-7)10-5-6-11/h1-4,10H,5-6H2. The highest BCUT2D eigenvalue weighted by atomic mass is 35.5. The lowest BCUT2D eigenvalue weighted by atomic mass is 10.3. The molecule has 0 spiro atoms. The van der Waals surface area contributed by atoms with Crippen LogP contribution in [0.1, 0.15) is 0 Å². The quantitative estimate of drug-likeness (QED) is 0.741. The van der Waals surface area contributed by atoms with Crippen molar-refractivity contribution in [2.24, 2.45) is 0 Å². The van der Waals surface area contributed by atoms with Crippen LogP contribution < -0.4 is 5.32 Å². The Labute approximate surface area is 70.8 Å². The molecule has 0 amide bonds. The van der Waals surface area contributed by atoms with Crippen LogP contribution >= 0.6 is 11.6 Å². The number of nitrogens with one attached hydrogen (secondary N) is 1. The van der Waals surface area contributed by atoms with Gasteiger partial charge in [0.2, 0.25) is 0 Å². The molecule has 1 aromatic carbocycles. The summed E-state index contributed by atoms with van der Waals surface area (Å²) in [4.78, 5) is 0. The second-order valence-corrected chi connectivity index (χ2v) is 2.57. The Hall–Kier alpha value is -0.730. The zero-order valence-electron chi connectivity index (χ0n) is 6.01. The highest BCUT2D eigenvalue weighted by molar-refractivity contribution is 6.30. The van der Waals surface area contributed by atoms with Crippen LogP contribution in [-0.2, 0) is 5.11 Å². The minimum atomic E-state index is -0.109. The lowest BCUT2D eigenvalue weighted by Crippen LogP contribution is -2.03. The summed E-state index contributed by atoms with van der Waals surface area (Å²) < 4.78 is 0. The van der Waals surface area contributed by atoms with Crippen LogP contribution in [0.2, 0.25) is 5.02 Å². The second-order valence-electron chi connectivity index (χ2n) is 2.14. The third-order valence-corrected chi connectivity index (χ3v) is 1.53. The molecule has 3 heteroatoms. The molecule has 0 fully saturated rings. The van der Waals surface area contributed by atoms with Crippen LogP contribution in [0, 0.1) is 0 Å². The summed E-state index contributed by atoms with van der Waals surface area (Å²) in [5.74, 6) is 0. The van der Waals surface area contributed by atoms with Crippen LogP contribution in [0.5, 0.6) is 0 Å². The molecule has 1 rings (SSSR count). The first-order valence-corrected chi connectivity index (χ1v) is 3.78. The Morgan fingerprint density at radius 2 is 1.91 bits per heavy atom. The summed E-state index contributed by atoms with van der Waals surface area (Å²) in [5, 5.41) is 13.7. The molecule has 0 heterocycles. The molecular weight excluding hydrogens is 162 g/mol. The van der Waals surface area contributed by atoms with Crippen LogP contribution in [-0.4, -0.2) is 13.2 Å². The fourth-order valence-electron chi connectivity index (χ4n) is 0.763. The van der Waals surface area contributed by atoms with Gasteiger partial charge in [-0.25, -0.2) is 5.11 Å². The van der Waals surface area contributed by atoms with Crippen LogP contribution in [0.15, 0.2) is 24.3 Å². The van der Waals surface area contributed by atoms with Crippen LogP contribution in [0.3, 0.4) is 0 Å². The van der Waals surface area contributed by atoms with Gasteiger partial charge >= 0.3 is 0 Å². The Balaban J connectivity index is 2.52. The van der Waals surface area contributed by atoms with Crippen molar-refractivity contribution < 1.29 is 5.11 Å². The first kappa shape index (κ1) is 8.37. The number of rotatable bonds is 3. The van der Waals surface area contributed by atoms with Crippen LogP contribution in [0.4, 0.5) is 5.69 Å². The summed E-state index contributed by atoms with van der Waals surface area (Å²) in [6.07, 6.45) is 0. The smallest absolute Gasteiger partial charge is 0.0994 e. The molecule has 0 unspecified atom stereocenters. The third-order valence-electron chi connectivity index (χ3n) is 1.28. The molecule has 0 aliphatic heterocycles. The molecule has 0 aromatic heterocycles. The number of halogens is 1. The van der Waals surface area contributed by atoms with E-state index in [-0.39, 0.29) is 6.61 Å². The molecule has 2 nitrogen and oxygen atoms in total. The van der Waals surface area contributed by atoms with E-state index in [4.69, 9.17) is 11.6 Å². The topological polar surface area (TPSA) is 31.9 Å². The summed E-state index contributed by atoms with van der Waals surface area (Å²) in [5.41, 5.74) is 0.935.